The molecule has 0 aromatic heterocycles. The predicted octanol–water partition coefficient (Wildman–Crippen LogP) is 2.42. The number of hydrogen-bond donors (Lipinski definition) is 0. The maximum Gasteiger partial charge on any atom is -1.00 e. The van der Waals surface area contributed by atoms with Crippen LogP contribution in [0.4, 0.5) is 0 Å². The minimum atomic E-state index is -0.307. The minimum absolute atomic E-state index is 0. The van der Waals surface area contributed by atoms with E-state index in [0.717, 1.165) is 0 Å². The van der Waals surface area contributed by atoms with Gasteiger partial charge in [0.2, 0.25) is 0 Å². The van der Waals surface area contributed by atoms with E-state index in [2.05, 4.69) is 116 Å². The van der Waals surface area contributed by atoms with E-state index >= 15 is 0 Å². The quantitative estimate of drug-likeness (QED) is 0.283. The van der Waals surface area contributed by atoms with Crippen LogP contribution < -0.4 is 14.7 Å². The number of fused-ring (bicyclic) bond motifs is 3. The molecule has 4 aromatic carbocycles. The summed E-state index contributed by atoms with van der Waals surface area (Å²) < 4.78 is 1.22. The second-order valence-electron chi connectivity index (χ2n) is 9.25. The monoisotopic (exact) mass is 526 g/mol. The third-order valence-electron chi connectivity index (χ3n) is 7.51. The van der Waals surface area contributed by atoms with Gasteiger partial charge in [0.1, 0.15) is 0 Å². The van der Waals surface area contributed by atoms with E-state index in [4.69, 9.17) is 0 Å². The molecular formula is C32H25F2PTi. The molecule has 0 amide bonds. The zero-order chi connectivity index (χ0) is 22.6. The summed E-state index contributed by atoms with van der Waals surface area (Å²) in [6.45, 7) is 2.39. The molecule has 7 rings (SSSR count). The van der Waals surface area contributed by atoms with Gasteiger partial charge in [-0.2, -0.15) is 0 Å². The largest absolute Gasteiger partial charge is 1.00 e. The fourth-order valence-corrected chi connectivity index (χ4v) is 12.1. The summed E-state index contributed by atoms with van der Waals surface area (Å²) in [5, 5.41) is 3.33. The third-order valence-corrected chi connectivity index (χ3v) is 13.3. The van der Waals surface area contributed by atoms with Gasteiger partial charge in [-0.1, -0.05) is 0 Å². The predicted molar refractivity (Wildman–Crippen MR) is 143 cm³/mol. The van der Waals surface area contributed by atoms with E-state index in [0.29, 0.717) is 8.45 Å². The number of halogens is 2. The summed E-state index contributed by atoms with van der Waals surface area (Å²) >= 11 is -0.307. The van der Waals surface area contributed by atoms with Gasteiger partial charge in [-0.25, -0.2) is 0 Å². The summed E-state index contributed by atoms with van der Waals surface area (Å²) in [6, 6.07) is 34.1. The molecule has 2 aliphatic carbocycles. The first-order chi connectivity index (χ1) is 16.8. The van der Waals surface area contributed by atoms with Crippen LogP contribution in [0.3, 0.4) is 0 Å². The van der Waals surface area contributed by atoms with Crippen molar-refractivity contribution in [3.63, 3.8) is 0 Å². The van der Waals surface area contributed by atoms with Crippen molar-refractivity contribution in [2.45, 2.75) is 15.4 Å². The zero-order valence-electron chi connectivity index (χ0n) is 20.0. The van der Waals surface area contributed by atoms with E-state index in [1.807, 2.05) is 0 Å². The summed E-state index contributed by atoms with van der Waals surface area (Å²) in [6.07, 6.45) is 8.76. The van der Waals surface area contributed by atoms with Crippen molar-refractivity contribution in [1.29, 1.82) is 0 Å². The van der Waals surface area contributed by atoms with E-state index in [1.54, 1.807) is 21.7 Å². The van der Waals surface area contributed by atoms with E-state index < -0.39 is 0 Å². The maximum absolute atomic E-state index is 2.61. The first-order valence-electron chi connectivity index (χ1n) is 12.2. The normalized spacial score (nSPS) is 19.7. The van der Waals surface area contributed by atoms with Crippen molar-refractivity contribution in [3.8, 4) is 22.3 Å². The van der Waals surface area contributed by atoms with Crippen LogP contribution in [0, 0.1) is 0 Å². The van der Waals surface area contributed by atoms with Crippen LogP contribution in [0.15, 0.2) is 102 Å². The maximum atomic E-state index is 2.61. The number of hydrogen-bond acceptors (Lipinski definition) is 0. The Morgan fingerprint density at radius 1 is 0.694 bits per heavy atom. The molecular weight excluding hydrogens is 501 g/mol. The van der Waals surface area contributed by atoms with Crippen molar-refractivity contribution in [2.24, 2.45) is 0 Å². The first-order valence-corrected chi connectivity index (χ1v) is 15.5. The molecule has 0 spiro atoms. The Labute approximate surface area is 221 Å². The second-order valence-corrected chi connectivity index (χ2v) is 14.1. The number of allylic oxidation sites excluding steroid dienone is 2. The molecule has 0 fully saturated rings. The van der Waals surface area contributed by atoms with E-state index in [-0.39, 0.29) is 36.5 Å². The molecule has 4 aromatic rings. The van der Waals surface area contributed by atoms with Crippen LogP contribution in [0.5, 0.6) is 0 Å². The smallest absolute Gasteiger partial charge is 1.00 e. The van der Waals surface area contributed by atoms with Gasteiger partial charge < -0.3 is 9.41 Å². The molecule has 4 heteroatoms. The molecule has 2 bridgehead atoms. The van der Waals surface area contributed by atoms with Gasteiger partial charge >= 0.3 is 213 Å². The van der Waals surface area contributed by atoms with Crippen LogP contribution in [0.2, 0.25) is 0 Å². The second kappa shape index (κ2) is 10.0. The van der Waals surface area contributed by atoms with Gasteiger partial charge in [-0.3, -0.25) is 0 Å². The molecule has 3 aliphatic rings. The van der Waals surface area contributed by atoms with Gasteiger partial charge in [-0.05, 0) is 0 Å². The van der Waals surface area contributed by atoms with Crippen LogP contribution in [-0.2, 0) is 19.2 Å². The molecule has 176 valence electrons. The van der Waals surface area contributed by atoms with Crippen molar-refractivity contribution in [2.75, 3.05) is 6.16 Å². The number of benzene rings is 4. The molecule has 0 nitrogen and oxygen atoms in total. The van der Waals surface area contributed by atoms with Crippen molar-refractivity contribution < 1.29 is 28.6 Å². The molecule has 0 saturated heterocycles. The van der Waals surface area contributed by atoms with Gasteiger partial charge in [0, 0.05) is 0 Å². The van der Waals surface area contributed by atoms with Crippen molar-refractivity contribution in [3.05, 3.63) is 125 Å². The third kappa shape index (κ3) is 3.79. The summed E-state index contributed by atoms with van der Waals surface area (Å²) in [7, 11) is -0.276. The standard InChI is InChI=1S/C17H14P.C15H11.2FH.Ti/c1-2-18-13-10-12-6-5-8-14(16(12)11-13)15-7-3-4-9-17(15)18;1-2-6-12(7-3-1)14-10-4-8-13-9-5-11-15(13)14;;;/h3-11H,2H2,1H3;1-11H;2*1H;/q;;;;+2/p-2. The Morgan fingerprint density at radius 3 is 2.19 bits per heavy atom. The molecule has 0 radical (unpaired) electrons. The fourth-order valence-electron chi connectivity index (χ4n) is 5.99. The summed E-state index contributed by atoms with van der Waals surface area (Å²) in [5.41, 5.74) is 11.7. The fraction of sp³-hybridized carbons (Fsp3) is 0.125. The van der Waals surface area contributed by atoms with Crippen LogP contribution >= 0.6 is 7.92 Å². The van der Waals surface area contributed by atoms with Gasteiger partial charge in [0.25, 0.3) is 0 Å². The van der Waals surface area contributed by atoms with E-state index in [9.17, 15) is 0 Å². The molecule has 0 saturated carbocycles. The SMILES string of the molecule is CCP1C2=Cc3c(cccc3[CH]2[Ti+2][CH]2C=Cc3c(-c4ccccc4)cccc32)-c2ccccc21.[F-].[F-]. The Bertz CT molecular complexity index is 1490. The molecule has 0 N–H and O–H groups in total. The Balaban J connectivity index is 0.00000133. The minimum Gasteiger partial charge on any atom is -1.00 e. The average molecular weight is 526 g/mol. The van der Waals surface area contributed by atoms with Crippen molar-refractivity contribution >= 4 is 25.4 Å². The Kier molecular flexibility index (Phi) is 6.97. The molecule has 1 aliphatic heterocycles. The van der Waals surface area contributed by atoms with Crippen LogP contribution in [0.1, 0.15) is 37.6 Å². The first kappa shape index (κ1) is 25.0. The Morgan fingerprint density at radius 2 is 1.39 bits per heavy atom. The summed E-state index contributed by atoms with van der Waals surface area (Å²) in [4.78, 5) is 0. The van der Waals surface area contributed by atoms with Gasteiger partial charge in [0.05, 0.1) is 0 Å². The topological polar surface area (TPSA) is 0 Å². The molecule has 1 heterocycles. The summed E-state index contributed by atoms with van der Waals surface area (Å²) in [5.74, 6) is 0. The van der Waals surface area contributed by atoms with E-state index in [1.165, 1.54) is 39.5 Å². The van der Waals surface area contributed by atoms with Gasteiger partial charge in [0.15, 0.2) is 0 Å². The Hall–Kier alpha value is -2.64. The molecule has 36 heavy (non-hydrogen) atoms. The van der Waals surface area contributed by atoms with Crippen LogP contribution in [-0.4, -0.2) is 6.16 Å². The molecule has 3 atom stereocenters. The average Bonchev–Trinajstić information content (AvgIpc) is 3.43. The van der Waals surface area contributed by atoms with Crippen molar-refractivity contribution in [1.82, 2.24) is 0 Å². The number of rotatable bonds is 4. The van der Waals surface area contributed by atoms with Crippen LogP contribution in [0.25, 0.3) is 34.4 Å². The molecule has 3 unspecified atom stereocenters. The zero-order valence-corrected chi connectivity index (χ0v) is 22.4. The van der Waals surface area contributed by atoms with Gasteiger partial charge in [-0.15, -0.1) is 0 Å².